The molecule has 1 aromatic heterocycles. The number of nitrogens with zero attached hydrogens (tertiary/aromatic N) is 1. The van der Waals surface area contributed by atoms with Crippen molar-refractivity contribution in [2.75, 3.05) is 19.0 Å². The van der Waals surface area contributed by atoms with Crippen molar-refractivity contribution >= 4 is 33.2 Å². The molecule has 0 saturated heterocycles. The van der Waals surface area contributed by atoms with Crippen molar-refractivity contribution in [3.63, 3.8) is 0 Å². The molecule has 0 saturated carbocycles. The van der Waals surface area contributed by atoms with Gasteiger partial charge in [0, 0.05) is 29.9 Å². The molecule has 1 heterocycles. The van der Waals surface area contributed by atoms with E-state index in [1.165, 1.54) is 11.3 Å². The van der Waals surface area contributed by atoms with Crippen LogP contribution in [0, 0.1) is 0 Å². The molecule has 5 heteroatoms. The molecule has 106 valence electrons. The maximum Gasteiger partial charge on any atom is 0.264 e. The summed E-state index contributed by atoms with van der Waals surface area (Å²) in [6.45, 7) is 1.29. The molecule has 0 spiro atoms. The van der Waals surface area contributed by atoms with Crippen molar-refractivity contribution < 1.29 is 9.53 Å². The molecule has 0 aliphatic heterocycles. The minimum Gasteiger partial charge on any atom is -0.496 e. The van der Waals surface area contributed by atoms with Crippen LogP contribution in [0.25, 0.3) is 0 Å². The Labute approximate surface area is 131 Å². The number of carbonyl (C=O) groups excluding carboxylic acids is 1. The van der Waals surface area contributed by atoms with Gasteiger partial charge in [-0.15, -0.1) is 11.3 Å². The van der Waals surface area contributed by atoms with Gasteiger partial charge in [0.25, 0.3) is 5.91 Å². The number of alkyl halides is 1. The van der Waals surface area contributed by atoms with E-state index in [1.54, 1.807) is 13.2 Å². The molecule has 0 N–H and O–H groups in total. The van der Waals surface area contributed by atoms with E-state index in [4.69, 9.17) is 4.74 Å². The van der Waals surface area contributed by atoms with Crippen LogP contribution in [0.3, 0.4) is 0 Å². The fourth-order valence-corrected chi connectivity index (χ4v) is 3.10. The molecule has 0 aliphatic carbocycles. The van der Waals surface area contributed by atoms with Crippen LogP contribution in [0.15, 0.2) is 41.8 Å². The second-order valence-corrected chi connectivity index (χ2v) is 5.96. The number of hydrogen-bond donors (Lipinski definition) is 0. The molecule has 0 radical (unpaired) electrons. The van der Waals surface area contributed by atoms with Gasteiger partial charge in [0.2, 0.25) is 0 Å². The lowest BCUT2D eigenvalue weighted by molar-refractivity contribution is 0.0759. The van der Waals surface area contributed by atoms with Crippen molar-refractivity contribution in [1.82, 2.24) is 4.90 Å². The molecule has 2 rings (SSSR count). The Kier molecular flexibility index (Phi) is 5.61. The molecule has 20 heavy (non-hydrogen) atoms. The Bertz CT molecular complexity index is 556. The van der Waals surface area contributed by atoms with Crippen LogP contribution in [0.4, 0.5) is 0 Å². The number of benzene rings is 1. The van der Waals surface area contributed by atoms with E-state index >= 15 is 0 Å². The van der Waals surface area contributed by atoms with Crippen LogP contribution in [-0.4, -0.2) is 29.8 Å². The second-order valence-electron chi connectivity index (χ2n) is 4.25. The topological polar surface area (TPSA) is 29.5 Å². The first-order chi connectivity index (χ1) is 9.74. The first kappa shape index (κ1) is 15.1. The maximum absolute atomic E-state index is 12.5. The first-order valence-electron chi connectivity index (χ1n) is 6.26. The van der Waals surface area contributed by atoms with E-state index in [0.29, 0.717) is 18.0 Å². The molecule has 2 aromatic rings. The van der Waals surface area contributed by atoms with Crippen LogP contribution < -0.4 is 4.74 Å². The Morgan fingerprint density at radius 1 is 1.35 bits per heavy atom. The number of amides is 1. The van der Waals surface area contributed by atoms with Gasteiger partial charge in [-0.3, -0.25) is 4.79 Å². The van der Waals surface area contributed by atoms with E-state index in [2.05, 4.69) is 15.9 Å². The quantitative estimate of drug-likeness (QED) is 0.739. The third-order valence-corrected chi connectivity index (χ3v) is 4.13. The Morgan fingerprint density at radius 2 is 2.10 bits per heavy atom. The number of carbonyl (C=O) groups is 1. The molecular weight excluding hydrogens is 338 g/mol. The van der Waals surface area contributed by atoms with Gasteiger partial charge < -0.3 is 9.64 Å². The van der Waals surface area contributed by atoms with Crippen molar-refractivity contribution in [2.24, 2.45) is 0 Å². The predicted molar refractivity (Wildman–Crippen MR) is 85.8 cm³/mol. The van der Waals surface area contributed by atoms with Gasteiger partial charge in [-0.05, 0) is 5.56 Å². The largest absolute Gasteiger partial charge is 0.496 e. The zero-order valence-electron chi connectivity index (χ0n) is 11.2. The SMILES string of the molecule is COc1csc(C(=O)N(CCBr)Cc2ccccc2)c1. The molecular formula is C15H16BrNO2S. The Hall–Kier alpha value is -1.33. The highest BCUT2D eigenvalue weighted by atomic mass is 79.9. The van der Waals surface area contributed by atoms with Gasteiger partial charge in [0.1, 0.15) is 5.75 Å². The molecule has 0 aliphatic rings. The minimum absolute atomic E-state index is 0.0432. The highest BCUT2D eigenvalue weighted by molar-refractivity contribution is 9.09. The summed E-state index contributed by atoms with van der Waals surface area (Å²) in [5, 5.41) is 2.61. The number of halogens is 1. The summed E-state index contributed by atoms with van der Waals surface area (Å²) < 4.78 is 5.13. The van der Waals surface area contributed by atoms with Gasteiger partial charge in [-0.25, -0.2) is 0 Å². The van der Waals surface area contributed by atoms with Crippen LogP contribution in [0.1, 0.15) is 15.2 Å². The molecule has 0 unspecified atom stereocenters. The average molecular weight is 354 g/mol. The fraction of sp³-hybridized carbons (Fsp3) is 0.267. The number of ether oxygens (including phenoxy) is 1. The number of thiophene rings is 1. The van der Waals surface area contributed by atoms with Crippen LogP contribution in [0.5, 0.6) is 5.75 Å². The third kappa shape index (κ3) is 3.84. The number of rotatable bonds is 6. The molecule has 0 fully saturated rings. The maximum atomic E-state index is 12.5. The molecule has 1 amide bonds. The zero-order valence-corrected chi connectivity index (χ0v) is 13.6. The molecule has 0 atom stereocenters. The van der Waals surface area contributed by atoms with E-state index in [9.17, 15) is 4.79 Å². The first-order valence-corrected chi connectivity index (χ1v) is 8.26. The van der Waals surface area contributed by atoms with Crippen molar-refractivity contribution in [3.8, 4) is 5.75 Å². The Morgan fingerprint density at radius 3 is 2.70 bits per heavy atom. The molecule has 1 aromatic carbocycles. The summed E-state index contributed by atoms with van der Waals surface area (Å²) in [6, 6.07) is 11.8. The summed E-state index contributed by atoms with van der Waals surface area (Å²) >= 11 is 4.82. The lowest BCUT2D eigenvalue weighted by Gasteiger charge is -2.21. The third-order valence-electron chi connectivity index (χ3n) is 2.88. The van der Waals surface area contributed by atoms with E-state index in [-0.39, 0.29) is 5.91 Å². The van der Waals surface area contributed by atoms with Gasteiger partial charge in [-0.1, -0.05) is 46.3 Å². The average Bonchev–Trinajstić information content (AvgIpc) is 2.96. The van der Waals surface area contributed by atoms with E-state index in [0.717, 1.165) is 16.6 Å². The van der Waals surface area contributed by atoms with Crippen molar-refractivity contribution in [3.05, 3.63) is 52.2 Å². The smallest absolute Gasteiger partial charge is 0.264 e. The standard InChI is InChI=1S/C15H16BrNO2S/c1-19-13-9-14(20-11-13)15(18)17(8-7-16)10-12-5-3-2-4-6-12/h2-6,9,11H,7-8,10H2,1H3. The van der Waals surface area contributed by atoms with E-state index < -0.39 is 0 Å². The molecule has 0 bridgehead atoms. The number of hydrogen-bond acceptors (Lipinski definition) is 3. The van der Waals surface area contributed by atoms with Crippen molar-refractivity contribution in [1.29, 1.82) is 0 Å². The predicted octanol–water partition coefficient (Wildman–Crippen LogP) is 3.79. The lowest BCUT2D eigenvalue weighted by atomic mass is 10.2. The zero-order chi connectivity index (χ0) is 14.4. The van der Waals surface area contributed by atoms with Gasteiger partial charge in [-0.2, -0.15) is 0 Å². The van der Waals surface area contributed by atoms with Gasteiger partial charge in [0.05, 0.1) is 12.0 Å². The minimum atomic E-state index is 0.0432. The van der Waals surface area contributed by atoms with Crippen LogP contribution in [-0.2, 0) is 6.54 Å². The summed E-state index contributed by atoms with van der Waals surface area (Å²) in [5.74, 6) is 0.776. The van der Waals surface area contributed by atoms with Gasteiger partial charge in [0.15, 0.2) is 0 Å². The summed E-state index contributed by atoms with van der Waals surface area (Å²) in [6.07, 6.45) is 0. The molecule has 3 nitrogen and oxygen atoms in total. The number of methoxy groups -OCH3 is 1. The lowest BCUT2D eigenvalue weighted by Crippen LogP contribution is -2.31. The normalized spacial score (nSPS) is 10.3. The highest BCUT2D eigenvalue weighted by Crippen LogP contribution is 2.23. The van der Waals surface area contributed by atoms with Crippen molar-refractivity contribution in [2.45, 2.75) is 6.54 Å². The van der Waals surface area contributed by atoms with E-state index in [1.807, 2.05) is 40.6 Å². The monoisotopic (exact) mass is 353 g/mol. The second kappa shape index (κ2) is 7.45. The van der Waals surface area contributed by atoms with Crippen LogP contribution in [0.2, 0.25) is 0 Å². The Balaban J connectivity index is 2.13. The fourth-order valence-electron chi connectivity index (χ4n) is 1.85. The highest BCUT2D eigenvalue weighted by Gasteiger charge is 2.17. The van der Waals surface area contributed by atoms with Crippen LogP contribution >= 0.6 is 27.3 Å². The summed E-state index contributed by atoms with van der Waals surface area (Å²) in [5.41, 5.74) is 1.13. The summed E-state index contributed by atoms with van der Waals surface area (Å²) in [7, 11) is 1.61. The van der Waals surface area contributed by atoms with Gasteiger partial charge >= 0.3 is 0 Å². The summed E-state index contributed by atoms with van der Waals surface area (Å²) in [4.78, 5) is 15.1.